The summed E-state index contributed by atoms with van der Waals surface area (Å²) in [7, 11) is 1.64. The van der Waals surface area contributed by atoms with Crippen molar-refractivity contribution in [1.82, 2.24) is 29.7 Å². The Hall–Kier alpha value is -2.74. The zero-order valence-corrected chi connectivity index (χ0v) is 16.8. The van der Waals surface area contributed by atoms with E-state index in [-0.39, 0.29) is 10.6 Å². The van der Waals surface area contributed by atoms with Gasteiger partial charge in [0.25, 0.3) is 0 Å². The van der Waals surface area contributed by atoms with Gasteiger partial charge in [-0.15, -0.1) is 0 Å². The first kappa shape index (κ1) is 20.0. The standard InChI is InChI=1S/C14H11ClN4O.C4H2Cl2N2/c1-20-11-4-2-10(3-5-11)12-7-9-19(18-12)13-6-8-16-14(15)17-13;5-3-1-2-7-4(6)8-3/h2-9H,1H3;1-2H. The Balaban J connectivity index is 0.000000236. The van der Waals surface area contributed by atoms with E-state index in [1.807, 2.05) is 36.5 Å². The lowest BCUT2D eigenvalue weighted by Gasteiger charge is -2.01. The molecule has 0 amide bonds. The van der Waals surface area contributed by atoms with Crippen molar-refractivity contribution >= 4 is 34.8 Å². The van der Waals surface area contributed by atoms with Crippen molar-refractivity contribution in [2.45, 2.75) is 0 Å². The van der Waals surface area contributed by atoms with Crippen molar-refractivity contribution in [3.05, 3.63) is 76.8 Å². The molecule has 0 fully saturated rings. The molecule has 0 spiro atoms. The molecule has 0 aliphatic rings. The average molecular weight is 436 g/mol. The number of hydrogen-bond acceptors (Lipinski definition) is 6. The summed E-state index contributed by atoms with van der Waals surface area (Å²) in [6, 6.07) is 12.9. The lowest BCUT2D eigenvalue weighted by Crippen LogP contribution is -1.99. The van der Waals surface area contributed by atoms with Gasteiger partial charge in [0, 0.05) is 30.2 Å². The number of nitrogens with zero attached hydrogens (tertiary/aromatic N) is 6. The minimum atomic E-state index is 0.178. The molecule has 0 aliphatic carbocycles. The first-order valence-corrected chi connectivity index (χ1v) is 9.01. The number of aromatic nitrogens is 6. The molecule has 0 bridgehead atoms. The Morgan fingerprint density at radius 3 is 2.07 bits per heavy atom. The molecule has 3 heterocycles. The third kappa shape index (κ3) is 5.39. The highest BCUT2D eigenvalue weighted by atomic mass is 35.5. The van der Waals surface area contributed by atoms with Crippen LogP contribution in [0.2, 0.25) is 15.7 Å². The zero-order valence-electron chi connectivity index (χ0n) is 14.5. The fourth-order valence-electron chi connectivity index (χ4n) is 2.14. The van der Waals surface area contributed by atoms with Crippen LogP contribution in [-0.2, 0) is 0 Å². The molecule has 0 radical (unpaired) electrons. The lowest BCUT2D eigenvalue weighted by atomic mass is 10.1. The van der Waals surface area contributed by atoms with Gasteiger partial charge >= 0.3 is 0 Å². The summed E-state index contributed by atoms with van der Waals surface area (Å²) in [6.07, 6.45) is 4.93. The molecule has 0 atom stereocenters. The zero-order chi connectivity index (χ0) is 19.9. The molecule has 0 aliphatic heterocycles. The number of ether oxygens (including phenoxy) is 1. The average Bonchev–Trinajstić information content (AvgIpc) is 3.19. The maximum Gasteiger partial charge on any atom is 0.224 e. The van der Waals surface area contributed by atoms with Gasteiger partial charge in [-0.1, -0.05) is 11.6 Å². The second kappa shape index (κ2) is 9.45. The SMILES string of the molecule is COc1ccc(-c2ccn(-c3ccnc(Cl)n3)n2)cc1.Clc1ccnc(Cl)n1. The van der Waals surface area contributed by atoms with Crippen LogP contribution in [0.4, 0.5) is 0 Å². The van der Waals surface area contributed by atoms with Gasteiger partial charge < -0.3 is 4.74 Å². The molecule has 10 heteroatoms. The summed E-state index contributed by atoms with van der Waals surface area (Å²) in [4.78, 5) is 15.2. The van der Waals surface area contributed by atoms with Crippen LogP contribution in [0.5, 0.6) is 5.75 Å². The van der Waals surface area contributed by atoms with E-state index in [1.165, 1.54) is 6.20 Å². The number of halogens is 3. The van der Waals surface area contributed by atoms with Gasteiger partial charge in [0.15, 0.2) is 5.82 Å². The van der Waals surface area contributed by atoms with Gasteiger partial charge in [-0.25, -0.2) is 19.6 Å². The number of methoxy groups -OCH3 is 1. The van der Waals surface area contributed by atoms with E-state index in [2.05, 4.69) is 25.0 Å². The lowest BCUT2D eigenvalue weighted by molar-refractivity contribution is 0.415. The summed E-state index contributed by atoms with van der Waals surface area (Å²) in [5.74, 6) is 1.44. The topological polar surface area (TPSA) is 78.6 Å². The van der Waals surface area contributed by atoms with Gasteiger partial charge in [0.2, 0.25) is 10.6 Å². The highest BCUT2D eigenvalue weighted by Gasteiger charge is 2.05. The van der Waals surface area contributed by atoms with Crippen LogP contribution in [-0.4, -0.2) is 36.8 Å². The summed E-state index contributed by atoms with van der Waals surface area (Å²) in [5, 5.41) is 5.22. The third-order valence-electron chi connectivity index (χ3n) is 3.41. The molecule has 0 saturated heterocycles. The first-order valence-electron chi connectivity index (χ1n) is 7.88. The Labute approximate surface area is 175 Å². The van der Waals surface area contributed by atoms with Crippen LogP contribution in [0.1, 0.15) is 0 Å². The molecule has 4 aromatic rings. The van der Waals surface area contributed by atoms with Crippen LogP contribution < -0.4 is 4.74 Å². The van der Waals surface area contributed by atoms with E-state index >= 15 is 0 Å². The Bertz CT molecular complexity index is 1040. The molecule has 3 aromatic heterocycles. The van der Waals surface area contributed by atoms with Crippen molar-refractivity contribution in [2.75, 3.05) is 7.11 Å². The predicted octanol–water partition coefficient (Wildman–Crippen LogP) is 4.77. The van der Waals surface area contributed by atoms with Crippen LogP contribution in [0, 0.1) is 0 Å². The summed E-state index contributed by atoms with van der Waals surface area (Å²) < 4.78 is 6.80. The summed E-state index contributed by atoms with van der Waals surface area (Å²) >= 11 is 16.5. The fraction of sp³-hybridized carbons (Fsp3) is 0.0556. The quantitative estimate of drug-likeness (QED) is 0.340. The van der Waals surface area contributed by atoms with E-state index in [0.717, 1.165) is 17.0 Å². The molecule has 4 rings (SSSR count). The minimum Gasteiger partial charge on any atom is -0.497 e. The van der Waals surface area contributed by atoms with Gasteiger partial charge in [-0.2, -0.15) is 10.1 Å². The van der Waals surface area contributed by atoms with Crippen LogP contribution in [0.15, 0.2) is 61.1 Å². The molecule has 0 N–H and O–H groups in total. The minimum absolute atomic E-state index is 0.178. The Morgan fingerprint density at radius 1 is 0.821 bits per heavy atom. The van der Waals surface area contributed by atoms with Crippen molar-refractivity contribution in [1.29, 1.82) is 0 Å². The molecule has 7 nitrogen and oxygen atoms in total. The number of benzene rings is 1. The molecular weight excluding hydrogens is 423 g/mol. The monoisotopic (exact) mass is 434 g/mol. The molecule has 142 valence electrons. The van der Waals surface area contributed by atoms with E-state index < -0.39 is 0 Å². The van der Waals surface area contributed by atoms with Crippen LogP contribution >= 0.6 is 34.8 Å². The highest BCUT2D eigenvalue weighted by Crippen LogP contribution is 2.21. The second-order valence-corrected chi connectivity index (χ2v) is 6.27. The summed E-state index contributed by atoms with van der Waals surface area (Å²) in [5.41, 5.74) is 1.85. The summed E-state index contributed by atoms with van der Waals surface area (Å²) in [6.45, 7) is 0. The van der Waals surface area contributed by atoms with Crippen molar-refractivity contribution in [3.63, 3.8) is 0 Å². The maximum atomic E-state index is 5.77. The van der Waals surface area contributed by atoms with E-state index in [9.17, 15) is 0 Å². The van der Waals surface area contributed by atoms with Crippen molar-refractivity contribution in [3.8, 4) is 22.8 Å². The third-order valence-corrected chi connectivity index (χ3v) is 3.99. The Kier molecular flexibility index (Phi) is 6.76. The molecular formula is C18H13Cl3N6O. The van der Waals surface area contributed by atoms with Crippen LogP contribution in [0.3, 0.4) is 0 Å². The highest BCUT2D eigenvalue weighted by molar-refractivity contribution is 6.31. The Morgan fingerprint density at radius 2 is 1.50 bits per heavy atom. The van der Waals surface area contributed by atoms with Crippen molar-refractivity contribution < 1.29 is 4.74 Å². The van der Waals surface area contributed by atoms with E-state index in [1.54, 1.807) is 30.1 Å². The largest absolute Gasteiger partial charge is 0.497 e. The van der Waals surface area contributed by atoms with E-state index in [4.69, 9.17) is 39.5 Å². The van der Waals surface area contributed by atoms with Gasteiger partial charge in [0.1, 0.15) is 10.9 Å². The van der Waals surface area contributed by atoms with Gasteiger partial charge in [0.05, 0.1) is 12.8 Å². The first-order chi connectivity index (χ1) is 13.5. The molecule has 0 saturated carbocycles. The maximum absolute atomic E-state index is 5.77. The molecule has 1 aromatic carbocycles. The van der Waals surface area contributed by atoms with Gasteiger partial charge in [-0.05, 0) is 59.6 Å². The van der Waals surface area contributed by atoms with Crippen molar-refractivity contribution in [2.24, 2.45) is 0 Å². The van der Waals surface area contributed by atoms with E-state index in [0.29, 0.717) is 11.0 Å². The fourth-order valence-corrected chi connectivity index (χ4v) is 2.61. The van der Waals surface area contributed by atoms with Crippen LogP contribution in [0.25, 0.3) is 17.1 Å². The molecule has 0 unspecified atom stereocenters. The smallest absolute Gasteiger partial charge is 0.224 e. The number of hydrogen-bond donors (Lipinski definition) is 0. The van der Waals surface area contributed by atoms with Gasteiger partial charge in [-0.3, -0.25) is 0 Å². The normalized spacial score (nSPS) is 10.1. The molecule has 28 heavy (non-hydrogen) atoms. The second-order valence-electron chi connectivity index (χ2n) is 5.21. The number of rotatable bonds is 3. The predicted molar refractivity (Wildman–Crippen MR) is 108 cm³/mol.